The molecular weight excluding hydrogens is 580 g/mol. The number of fused-ring (bicyclic) bond motifs is 7. The van der Waals surface area contributed by atoms with Crippen molar-refractivity contribution in [3.63, 3.8) is 0 Å². The van der Waals surface area contributed by atoms with Crippen LogP contribution in [0.2, 0.25) is 0 Å². The van der Waals surface area contributed by atoms with E-state index in [1.165, 1.54) is 37.7 Å². The van der Waals surface area contributed by atoms with Crippen LogP contribution >= 0.6 is 12.4 Å². The minimum atomic E-state index is -0.555. The summed E-state index contributed by atoms with van der Waals surface area (Å²) in [4.78, 5) is 14.4. The van der Waals surface area contributed by atoms with Crippen LogP contribution < -0.4 is 5.32 Å². The number of allylic oxidation sites excluding steroid dienone is 1. The van der Waals surface area contributed by atoms with Gasteiger partial charge in [-0.2, -0.15) is 0 Å². The highest BCUT2D eigenvalue weighted by molar-refractivity contribution is 5.85. The van der Waals surface area contributed by atoms with E-state index in [1.807, 2.05) is 0 Å². The lowest BCUT2D eigenvalue weighted by molar-refractivity contribution is -0.253. The molecule has 0 aromatic carbocycles. The van der Waals surface area contributed by atoms with Crippen LogP contribution in [0.15, 0.2) is 12.2 Å². The summed E-state index contributed by atoms with van der Waals surface area (Å²) >= 11 is 0. The Balaban J connectivity index is 0.00000400. The lowest BCUT2D eigenvalue weighted by atomic mass is 9.32. The van der Waals surface area contributed by atoms with Crippen LogP contribution in [-0.2, 0) is 9.53 Å². The number of rotatable bonds is 4. The summed E-state index contributed by atoms with van der Waals surface area (Å²) in [7, 11) is 0. The Morgan fingerprint density at radius 1 is 0.933 bits per heavy atom. The molecule has 5 aliphatic carbocycles. The summed E-state index contributed by atoms with van der Waals surface area (Å²) in [6, 6.07) is 0. The van der Waals surface area contributed by atoms with E-state index < -0.39 is 6.10 Å². The van der Waals surface area contributed by atoms with E-state index >= 15 is 0 Å². The molecule has 6 aliphatic rings. The van der Waals surface area contributed by atoms with E-state index in [0.717, 1.165) is 64.8 Å². The van der Waals surface area contributed by atoms with Crippen molar-refractivity contribution in [3.05, 3.63) is 12.2 Å². The second kappa shape index (κ2) is 12.4. The van der Waals surface area contributed by atoms with Crippen LogP contribution in [0.5, 0.6) is 0 Å². The lowest BCUT2D eigenvalue weighted by Gasteiger charge is -2.73. The molecule has 2 N–H and O–H groups in total. The first-order valence-corrected chi connectivity index (χ1v) is 18.1. The van der Waals surface area contributed by atoms with Crippen LogP contribution in [0.25, 0.3) is 0 Å². The Morgan fingerprint density at radius 2 is 1.64 bits per heavy atom. The molecule has 1 aliphatic heterocycles. The zero-order valence-corrected chi connectivity index (χ0v) is 30.3. The molecule has 1 heterocycles. The van der Waals surface area contributed by atoms with Gasteiger partial charge in [0.05, 0.1) is 6.54 Å². The minimum Gasteiger partial charge on any atom is -0.462 e. The van der Waals surface area contributed by atoms with Gasteiger partial charge >= 0.3 is 5.97 Å². The van der Waals surface area contributed by atoms with Crippen LogP contribution in [-0.4, -0.2) is 60.9 Å². The zero-order valence-electron chi connectivity index (χ0n) is 29.5. The summed E-state index contributed by atoms with van der Waals surface area (Å²) in [5.74, 6) is 9.53. The van der Waals surface area contributed by atoms with E-state index in [2.05, 4.69) is 70.2 Å². The molecule has 5 saturated carbocycles. The molecule has 1 saturated heterocycles. The topological polar surface area (TPSA) is 61.8 Å². The van der Waals surface area contributed by atoms with Gasteiger partial charge in [-0.05, 0) is 117 Å². The lowest BCUT2D eigenvalue weighted by Crippen LogP contribution is -2.67. The predicted octanol–water partition coefficient (Wildman–Crippen LogP) is 7.27. The van der Waals surface area contributed by atoms with Crippen molar-refractivity contribution in [3.8, 4) is 11.8 Å². The van der Waals surface area contributed by atoms with E-state index in [1.54, 1.807) is 6.92 Å². The Bertz CT molecular complexity index is 1200. The zero-order chi connectivity index (χ0) is 31.7. The Labute approximate surface area is 280 Å². The molecule has 254 valence electrons. The second-order valence-electron chi connectivity index (χ2n) is 17.6. The van der Waals surface area contributed by atoms with Crippen LogP contribution in [0, 0.1) is 68.5 Å². The van der Waals surface area contributed by atoms with Gasteiger partial charge in [0.2, 0.25) is 0 Å². The molecule has 6 rings (SSSR count). The molecule has 6 fully saturated rings. The number of carbonyl (C=O) groups is 1. The Morgan fingerprint density at radius 3 is 2.31 bits per heavy atom. The molecule has 0 amide bonds. The minimum absolute atomic E-state index is 0. The number of nitrogens with zero attached hydrogens (tertiary/aromatic N) is 1. The molecule has 0 bridgehead atoms. The highest BCUT2D eigenvalue weighted by Gasteiger charge is 2.71. The average molecular weight is 643 g/mol. The third kappa shape index (κ3) is 5.35. The second-order valence-corrected chi connectivity index (χ2v) is 17.6. The largest absolute Gasteiger partial charge is 0.462 e. The number of esters is 1. The van der Waals surface area contributed by atoms with Crippen molar-refractivity contribution in [2.24, 2.45) is 56.7 Å². The predicted molar refractivity (Wildman–Crippen MR) is 185 cm³/mol. The number of hydrogen-bond acceptors (Lipinski definition) is 5. The molecule has 0 radical (unpaired) electrons. The molecule has 6 heteroatoms. The summed E-state index contributed by atoms with van der Waals surface area (Å²) < 4.78 is 5.96. The maximum absolute atomic E-state index is 12.0. The average Bonchev–Trinajstić information content (AvgIpc) is 3.37. The summed E-state index contributed by atoms with van der Waals surface area (Å²) in [6.07, 6.45) is 11.1. The number of hydrogen-bond donors (Lipinski definition) is 2. The van der Waals surface area contributed by atoms with Gasteiger partial charge in [-0.15, -0.1) is 12.4 Å². The summed E-state index contributed by atoms with van der Waals surface area (Å²) in [5, 5.41) is 15.4. The van der Waals surface area contributed by atoms with Crippen LogP contribution in [0.1, 0.15) is 113 Å². The van der Waals surface area contributed by atoms with Crippen molar-refractivity contribution in [2.45, 2.75) is 125 Å². The number of ether oxygens (including phenoxy) is 1. The normalized spacial score (nSPS) is 46.0. The quantitative estimate of drug-likeness (QED) is 0.192. The van der Waals surface area contributed by atoms with E-state index in [4.69, 9.17) is 4.74 Å². The number of halogens is 1. The third-order valence-corrected chi connectivity index (χ3v) is 15.7. The van der Waals surface area contributed by atoms with Crippen molar-refractivity contribution in [2.75, 3.05) is 32.7 Å². The standard InChI is InChI=1S/C39H62N2O3.ClH/c1-26(2)28-13-18-39(32(43)10-9-23-41-24-21-40-22-25-41)20-19-37(7)29(34(28)39)11-12-31-36(6)16-15-33(44-27(3)42)35(4,5)30(36)14-17-38(31,37)8;/h28-34,40,43H,1,11-25H2,2-8H3;1H/t28-,29+,30-,31+,32+,33-,34+,36-,37+,38+,39+;/m0./s1. The van der Waals surface area contributed by atoms with E-state index in [0.29, 0.717) is 29.6 Å². The van der Waals surface area contributed by atoms with Crippen LogP contribution in [0.3, 0.4) is 0 Å². The highest BCUT2D eigenvalue weighted by atomic mass is 35.5. The van der Waals surface area contributed by atoms with Gasteiger partial charge in [0.1, 0.15) is 12.2 Å². The van der Waals surface area contributed by atoms with Crippen molar-refractivity contribution in [1.82, 2.24) is 10.2 Å². The molecule has 0 aromatic rings. The van der Waals surface area contributed by atoms with E-state index in [-0.39, 0.29) is 51.6 Å². The number of aliphatic hydroxyl groups is 1. The fraction of sp³-hybridized carbons (Fsp3) is 0.872. The van der Waals surface area contributed by atoms with Crippen molar-refractivity contribution in [1.29, 1.82) is 0 Å². The molecular formula is C39H63ClN2O3. The SMILES string of the molecule is C=C(C)[C@@H]1CC[C@]2([C@H](O)C#CCN3CCNCC3)CC[C@]3(C)[C@H](CC[C@@H]4[C@@]5(C)CC[C@H](OC(C)=O)C(C)(C)[C@@H]5CC[C@]43C)[C@@H]12.Cl. The van der Waals surface area contributed by atoms with Crippen LogP contribution in [0.4, 0.5) is 0 Å². The fourth-order valence-corrected chi connectivity index (χ4v) is 13.3. The number of piperazine rings is 1. The highest BCUT2D eigenvalue weighted by Crippen LogP contribution is 2.78. The molecule has 11 atom stereocenters. The first-order chi connectivity index (χ1) is 20.7. The maximum atomic E-state index is 12.0. The van der Waals surface area contributed by atoms with Gasteiger partial charge < -0.3 is 15.2 Å². The van der Waals surface area contributed by atoms with Gasteiger partial charge in [-0.25, -0.2) is 0 Å². The molecule has 0 unspecified atom stereocenters. The molecule has 0 spiro atoms. The Hall–Kier alpha value is -1.06. The van der Waals surface area contributed by atoms with Gasteiger partial charge in [0.15, 0.2) is 0 Å². The smallest absolute Gasteiger partial charge is 0.302 e. The number of carbonyl (C=O) groups excluding carboxylic acids is 1. The van der Waals surface area contributed by atoms with Gasteiger partial charge in [-0.1, -0.05) is 58.6 Å². The van der Waals surface area contributed by atoms with Crippen molar-refractivity contribution >= 4 is 18.4 Å². The monoisotopic (exact) mass is 642 g/mol. The third-order valence-electron chi connectivity index (χ3n) is 15.7. The Kier molecular flexibility index (Phi) is 9.74. The summed E-state index contributed by atoms with van der Waals surface area (Å²) in [6.45, 7) is 26.0. The van der Waals surface area contributed by atoms with Gasteiger partial charge in [0, 0.05) is 43.9 Å². The molecule has 0 aromatic heterocycles. The number of nitrogens with one attached hydrogen (secondary N) is 1. The van der Waals surface area contributed by atoms with Gasteiger partial charge in [-0.3, -0.25) is 9.69 Å². The fourth-order valence-electron chi connectivity index (χ4n) is 13.3. The summed E-state index contributed by atoms with van der Waals surface area (Å²) in [5.41, 5.74) is 1.95. The molecule has 45 heavy (non-hydrogen) atoms. The van der Waals surface area contributed by atoms with Gasteiger partial charge in [0.25, 0.3) is 0 Å². The first-order valence-electron chi connectivity index (χ1n) is 18.1. The maximum Gasteiger partial charge on any atom is 0.302 e. The first kappa shape index (κ1) is 35.3. The number of aliphatic hydroxyl groups excluding tert-OH is 1. The molecule has 5 nitrogen and oxygen atoms in total. The van der Waals surface area contributed by atoms with Crippen molar-refractivity contribution < 1.29 is 14.6 Å². The van der Waals surface area contributed by atoms with E-state index in [9.17, 15) is 9.90 Å².